The smallest absolute Gasteiger partial charge is 0.255 e. The summed E-state index contributed by atoms with van der Waals surface area (Å²) in [5.74, 6) is -0.619. The summed E-state index contributed by atoms with van der Waals surface area (Å²) in [6.07, 6.45) is -2.68. The van der Waals surface area contributed by atoms with Gasteiger partial charge in [0.2, 0.25) is 5.91 Å². The number of hydrogen-bond acceptors (Lipinski definition) is 4. The summed E-state index contributed by atoms with van der Waals surface area (Å²) in [5.41, 5.74) is 0. The summed E-state index contributed by atoms with van der Waals surface area (Å²) in [5, 5.41) is 4.90. The van der Waals surface area contributed by atoms with Gasteiger partial charge in [0, 0.05) is 19.0 Å². The number of amides is 1. The van der Waals surface area contributed by atoms with Crippen LogP contribution in [0.1, 0.15) is 6.42 Å². The number of hydrogen-bond donors (Lipinski definition) is 2. The number of rotatable bonds is 4. The molecule has 0 aromatic rings. The largest absolute Gasteiger partial charge is 0.350 e. The molecule has 1 amide bonds. The Morgan fingerprint density at radius 3 is 2.75 bits per heavy atom. The van der Waals surface area contributed by atoms with E-state index in [9.17, 15) is 22.0 Å². The van der Waals surface area contributed by atoms with Crippen LogP contribution in [0.3, 0.4) is 0 Å². The second-order valence-electron chi connectivity index (χ2n) is 3.66. The van der Waals surface area contributed by atoms with Crippen LogP contribution in [0, 0.1) is 0 Å². The zero-order valence-electron chi connectivity index (χ0n) is 8.58. The molecule has 1 atom stereocenters. The molecule has 0 aromatic carbocycles. The van der Waals surface area contributed by atoms with Gasteiger partial charge in [0.1, 0.15) is 0 Å². The highest BCUT2D eigenvalue weighted by Gasteiger charge is 2.25. The first-order valence-electron chi connectivity index (χ1n) is 4.88. The Morgan fingerprint density at radius 1 is 1.50 bits per heavy atom. The van der Waals surface area contributed by atoms with Crippen LogP contribution in [0.25, 0.3) is 0 Å². The topological polar surface area (TPSA) is 75.3 Å². The van der Waals surface area contributed by atoms with Crippen molar-refractivity contribution in [3.8, 4) is 0 Å². The molecule has 1 unspecified atom stereocenters. The van der Waals surface area contributed by atoms with Gasteiger partial charge in [-0.2, -0.15) is 0 Å². The van der Waals surface area contributed by atoms with Gasteiger partial charge in [0.05, 0.1) is 18.1 Å². The van der Waals surface area contributed by atoms with Crippen molar-refractivity contribution < 1.29 is 22.0 Å². The minimum atomic E-state index is -3.10. The van der Waals surface area contributed by atoms with E-state index in [1.165, 1.54) is 0 Å². The number of sulfone groups is 1. The van der Waals surface area contributed by atoms with Crippen molar-refractivity contribution in [1.82, 2.24) is 10.6 Å². The molecular weight excluding hydrogens is 242 g/mol. The summed E-state index contributed by atoms with van der Waals surface area (Å²) in [7, 11) is -3.10. The maximum atomic E-state index is 11.8. The van der Waals surface area contributed by atoms with E-state index >= 15 is 0 Å². The van der Waals surface area contributed by atoms with Crippen LogP contribution >= 0.6 is 0 Å². The molecule has 94 valence electrons. The van der Waals surface area contributed by atoms with E-state index in [0.717, 1.165) is 0 Å². The molecule has 0 saturated carbocycles. The van der Waals surface area contributed by atoms with E-state index < -0.39 is 34.8 Å². The van der Waals surface area contributed by atoms with Crippen LogP contribution in [0.15, 0.2) is 0 Å². The maximum Gasteiger partial charge on any atom is 0.255 e. The van der Waals surface area contributed by atoms with Gasteiger partial charge in [-0.05, 0) is 0 Å². The summed E-state index contributed by atoms with van der Waals surface area (Å²) in [6.45, 7) is -0.395. The van der Waals surface area contributed by atoms with Crippen molar-refractivity contribution in [3.63, 3.8) is 0 Å². The molecule has 16 heavy (non-hydrogen) atoms. The monoisotopic (exact) mass is 256 g/mol. The standard InChI is InChI=1S/C8H14F2N2O3S/c9-7(10)4-12-8(13)3-6-5-16(14,15)2-1-11-6/h6-7,11H,1-5H2,(H,12,13). The van der Waals surface area contributed by atoms with Crippen molar-refractivity contribution in [2.75, 3.05) is 24.6 Å². The van der Waals surface area contributed by atoms with Gasteiger partial charge in [-0.3, -0.25) is 4.79 Å². The lowest BCUT2D eigenvalue weighted by molar-refractivity contribution is -0.122. The Hall–Kier alpha value is -0.760. The van der Waals surface area contributed by atoms with Crippen LogP contribution in [-0.4, -0.2) is 51.4 Å². The zero-order chi connectivity index (χ0) is 12.2. The highest BCUT2D eigenvalue weighted by molar-refractivity contribution is 7.91. The fraction of sp³-hybridized carbons (Fsp3) is 0.875. The van der Waals surface area contributed by atoms with Crippen molar-refractivity contribution >= 4 is 15.7 Å². The van der Waals surface area contributed by atoms with Crippen LogP contribution in [0.4, 0.5) is 8.78 Å². The lowest BCUT2D eigenvalue weighted by Gasteiger charge is -2.23. The summed E-state index contributed by atoms with van der Waals surface area (Å²) in [6, 6.07) is -0.476. The molecule has 1 saturated heterocycles. The summed E-state index contributed by atoms with van der Waals surface area (Å²) < 4.78 is 46.0. The molecule has 1 rings (SSSR count). The Bertz CT molecular complexity index is 345. The van der Waals surface area contributed by atoms with Crippen molar-refractivity contribution in [1.29, 1.82) is 0 Å². The van der Waals surface area contributed by atoms with Crippen molar-refractivity contribution in [2.24, 2.45) is 0 Å². The molecule has 1 aliphatic heterocycles. The summed E-state index contributed by atoms with van der Waals surface area (Å²) in [4.78, 5) is 11.1. The number of carbonyl (C=O) groups excluding carboxylic acids is 1. The fourth-order valence-electron chi connectivity index (χ4n) is 1.49. The van der Waals surface area contributed by atoms with E-state index in [2.05, 4.69) is 5.32 Å². The van der Waals surface area contributed by atoms with Gasteiger partial charge >= 0.3 is 0 Å². The van der Waals surface area contributed by atoms with Gasteiger partial charge in [0.25, 0.3) is 6.43 Å². The average Bonchev–Trinajstić information content (AvgIpc) is 2.13. The predicted molar refractivity (Wildman–Crippen MR) is 54.1 cm³/mol. The first kappa shape index (κ1) is 13.3. The lowest BCUT2D eigenvalue weighted by atomic mass is 10.2. The lowest BCUT2D eigenvalue weighted by Crippen LogP contribution is -2.47. The van der Waals surface area contributed by atoms with Crippen LogP contribution in [0.2, 0.25) is 0 Å². The van der Waals surface area contributed by atoms with Crippen LogP contribution in [0.5, 0.6) is 0 Å². The molecule has 0 spiro atoms. The number of carbonyl (C=O) groups is 1. The van der Waals surface area contributed by atoms with Gasteiger partial charge < -0.3 is 10.6 Å². The Balaban J connectivity index is 2.34. The molecule has 1 aliphatic rings. The van der Waals surface area contributed by atoms with Crippen LogP contribution < -0.4 is 10.6 Å². The third-order valence-corrected chi connectivity index (χ3v) is 3.92. The highest BCUT2D eigenvalue weighted by Crippen LogP contribution is 2.04. The second kappa shape index (κ2) is 5.53. The maximum absolute atomic E-state index is 11.8. The first-order chi connectivity index (χ1) is 7.39. The molecule has 0 aromatic heterocycles. The quantitative estimate of drug-likeness (QED) is 0.686. The normalized spacial score (nSPS) is 24.3. The van der Waals surface area contributed by atoms with Gasteiger partial charge in [-0.15, -0.1) is 0 Å². The Labute approximate surface area is 92.5 Å². The van der Waals surface area contributed by atoms with Gasteiger partial charge in [0.15, 0.2) is 9.84 Å². The van der Waals surface area contributed by atoms with E-state index in [-0.39, 0.29) is 17.9 Å². The SMILES string of the molecule is O=C(CC1CS(=O)(=O)CCN1)NCC(F)F. The van der Waals surface area contributed by atoms with Crippen molar-refractivity contribution in [2.45, 2.75) is 18.9 Å². The average molecular weight is 256 g/mol. The molecule has 0 radical (unpaired) electrons. The van der Waals surface area contributed by atoms with Gasteiger partial charge in [-0.25, -0.2) is 17.2 Å². The van der Waals surface area contributed by atoms with E-state index in [4.69, 9.17) is 0 Å². The molecule has 0 bridgehead atoms. The summed E-state index contributed by atoms with van der Waals surface area (Å²) >= 11 is 0. The fourth-order valence-corrected chi connectivity index (χ4v) is 2.93. The molecular formula is C8H14F2N2O3S. The first-order valence-corrected chi connectivity index (χ1v) is 6.70. The molecule has 2 N–H and O–H groups in total. The van der Waals surface area contributed by atoms with E-state index in [1.54, 1.807) is 0 Å². The molecule has 1 fully saturated rings. The third kappa shape index (κ3) is 4.84. The number of nitrogens with one attached hydrogen (secondary N) is 2. The minimum absolute atomic E-state index is 0.0577. The Kier molecular flexibility index (Phi) is 4.60. The predicted octanol–water partition coefficient (Wildman–Crippen LogP) is -0.856. The van der Waals surface area contributed by atoms with Crippen molar-refractivity contribution in [3.05, 3.63) is 0 Å². The van der Waals surface area contributed by atoms with Gasteiger partial charge in [-0.1, -0.05) is 0 Å². The number of halogens is 2. The zero-order valence-corrected chi connectivity index (χ0v) is 9.40. The molecule has 8 heteroatoms. The molecule has 1 heterocycles. The van der Waals surface area contributed by atoms with Crippen LogP contribution in [-0.2, 0) is 14.6 Å². The van der Waals surface area contributed by atoms with E-state index in [1.807, 2.05) is 5.32 Å². The number of alkyl halides is 2. The highest BCUT2D eigenvalue weighted by atomic mass is 32.2. The van der Waals surface area contributed by atoms with E-state index in [0.29, 0.717) is 6.54 Å². The molecule has 5 nitrogen and oxygen atoms in total. The third-order valence-electron chi connectivity index (χ3n) is 2.19. The Morgan fingerprint density at radius 2 is 2.19 bits per heavy atom. The molecule has 0 aliphatic carbocycles. The minimum Gasteiger partial charge on any atom is -0.350 e. The second-order valence-corrected chi connectivity index (χ2v) is 5.89.